The molecular weight excluding hydrogens is 262 g/mol. The molecule has 1 aliphatic rings. The molecule has 3 heteroatoms. The van der Waals surface area contributed by atoms with Gasteiger partial charge in [0.05, 0.1) is 0 Å². The first kappa shape index (κ1) is 14.2. The Morgan fingerprint density at radius 2 is 2.22 bits per heavy atom. The highest BCUT2D eigenvalue weighted by Crippen LogP contribution is 2.30. The first-order valence-electron chi connectivity index (χ1n) is 6.77. The molecule has 1 N–H and O–H groups in total. The molecule has 100 valence electrons. The number of nitrogens with one attached hydrogen (secondary N) is 1. The molecule has 18 heavy (non-hydrogen) atoms. The van der Waals surface area contributed by atoms with Crippen LogP contribution in [0.1, 0.15) is 24.5 Å². The minimum atomic E-state index is 0.660. The minimum Gasteiger partial charge on any atom is -0.313 e. The minimum absolute atomic E-state index is 0.660. The average Bonchev–Trinajstić information content (AvgIpc) is 2.77. The average molecular weight is 284 g/mol. The number of hydrogen-bond acceptors (Lipinski definition) is 2. The monoisotopic (exact) mass is 283 g/mol. The van der Waals surface area contributed by atoms with E-state index in [0.29, 0.717) is 6.04 Å². The number of hydrogen-bond donors (Lipinski definition) is 1. The van der Waals surface area contributed by atoms with E-state index in [-0.39, 0.29) is 0 Å². The molecule has 1 aromatic carbocycles. The van der Waals surface area contributed by atoms with Gasteiger partial charge >= 0.3 is 0 Å². The molecule has 0 bridgehead atoms. The molecule has 0 radical (unpaired) electrons. The van der Waals surface area contributed by atoms with Crippen molar-refractivity contribution in [2.24, 2.45) is 5.92 Å². The van der Waals surface area contributed by atoms with Crippen LogP contribution in [0.4, 0.5) is 0 Å². The van der Waals surface area contributed by atoms with Gasteiger partial charge in [-0.2, -0.15) is 11.8 Å². The molecule has 0 saturated carbocycles. The maximum atomic E-state index is 6.33. The molecule has 0 aromatic heterocycles. The SMILES string of the molecule is CCCNC1CSCC1Cc1ccc(C)cc1Cl. The van der Waals surface area contributed by atoms with Crippen molar-refractivity contribution in [3.05, 3.63) is 34.3 Å². The van der Waals surface area contributed by atoms with Gasteiger partial charge in [-0.15, -0.1) is 0 Å². The maximum Gasteiger partial charge on any atom is 0.0440 e. The second kappa shape index (κ2) is 6.83. The summed E-state index contributed by atoms with van der Waals surface area (Å²) in [6, 6.07) is 7.09. The molecule has 2 unspecified atom stereocenters. The van der Waals surface area contributed by atoms with Crippen LogP contribution in [0.2, 0.25) is 5.02 Å². The van der Waals surface area contributed by atoms with Crippen molar-refractivity contribution in [1.29, 1.82) is 0 Å². The van der Waals surface area contributed by atoms with Gasteiger partial charge in [-0.05, 0) is 55.2 Å². The lowest BCUT2D eigenvalue weighted by molar-refractivity contribution is 0.425. The van der Waals surface area contributed by atoms with Crippen LogP contribution in [0.5, 0.6) is 0 Å². The lowest BCUT2D eigenvalue weighted by Gasteiger charge is -2.20. The second-order valence-electron chi connectivity index (χ2n) is 5.16. The van der Waals surface area contributed by atoms with Crippen molar-refractivity contribution < 1.29 is 0 Å². The Kier molecular flexibility index (Phi) is 5.40. The predicted molar refractivity (Wildman–Crippen MR) is 82.8 cm³/mol. The van der Waals surface area contributed by atoms with E-state index >= 15 is 0 Å². The van der Waals surface area contributed by atoms with E-state index < -0.39 is 0 Å². The lowest BCUT2D eigenvalue weighted by Crippen LogP contribution is -2.36. The number of benzene rings is 1. The first-order chi connectivity index (χ1) is 8.70. The van der Waals surface area contributed by atoms with E-state index in [9.17, 15) is 0 Å². The molecule has 1 heterocycles. The van der Waals surface area contributed by atoms with Crippen molar-refractivity contribution in [2.45, 2.75) is 32.7 Å². The van der Waals surface area contributed by atoms with Crippen LogP contribution < -0.4 is 5.32 Å². The standard InChI is InChI=1S/C15H22ClNS/c1-3-6-17-15-10-18-9-13(15)8-12-5-4-11(2)7-14(12)16/h4-5,7,13,15,17H,3,6,8-10H2,1-2H3. The zero-order valence-corrected chi connectivity index (χ0v) is 12.8. The zero-order valence-electron chi connectivity index (χ0n) is 11.2. The van der Waals surface area contributed by atoms with Gasteiger partial charge in [-0.25, -0.2) is 0 Å². The van der Waals surface area contributed by atoms with Gasteiger partial charge in [-0.3, -0.25) is 0 Å². The molecular formula is C15H22ClNS. The van der Waals surface area contributed by atoms with Crippen LogP contribution in [0.15, 0.2) is 18.2 Å². The van der Waals surface area contributed by atoms with Crippen LogP contribution >= 0.6 is 23.4 Å². The lowest BCUT2D eigenvalue weighted by atomic mass is 9.94. The summed E-state index contributed by atoms with van der Waals surface area (Å²) in [5, 5.41) is 4.60. The summed E-state index contributed by atoms with van der Waals surface area (Å²) in [5.74, 6) is 3.22. The summed E-state index contributed by atoms with van der Waals surface area (Å²) >= 11 is 8.40. The fourth-order valence-electron chi connectivity index (χ4n) is 2.46. The Bertz CT molecular complexity index is 394. The van der Waals surface area contributed by atoms with Crippen molar-refractivity contribution in [1.82, 2.24) is 5.32 Å². The van der Waals surface area contributed by atoms with Crippen molar-refractivity contribution in [3.63, 3.8) is 0 Å². The van der Waals surface area contributed by atoms with Gasteiger partial charge in [0, 0.05) is 16.8 Å². The third-order valence-electron chi connectivity index (χ3n) is 3.55. The first-order valence-corrected chi connectivity index (χ1v) is 8.30. The van der Waals surface area contributed by atoms with E-state index in [1.54, 1.807) is 0 Å². The predicted octanol–water partition coefficient (Wildman–Crippen LogP) is 3.92. The third-order valence-corrected chi connectivity index (χ3v) is 5.16. The Hall–Kier alpha value is -0.180. The van der Waals surface area contributed by atoms with Crippen LogP contribution in [0.25, 0.3) is 0 Å². The summed E-state index contributed by atoms with van der Waals surface area (Å²) < 4.78 is 0. The van der Waals surface area contributed by atoms with Crippen LogP contribution in [0.3, 0.4) is 0 Å². The van der Waals surface area contributed by atoms with E-state index in [0.717, 1.165) is 23.9 Å². The van der Waals surface area contributed by atoms with Gasteiger partial charge in [0.2, 0.25) is 0 Å². The topological polar surface area (TPSA) is 12.0 Å². The Morgan fingerprint density at radius 3 is 2.94 bits per heavy atom. The van der Waals surface area contributed by atoms with Crippen molar-refractivity contribution in [2.75, 3.05) is 18.1 Å². The summed E-state index contributed by atoms with van der Waals surface area (Å²) in [6.07, 6.45) is 2.31. The summed E-state index contributed by atoms with van der Waals surface area (Å²) in [6.45, 7) is 5.44. The Labute approximate surface area is 120 Å². The largest absolute Gasteiger partial charge is 0.313 e. The fourth-order valence-corrected chi connectivity index (χ4v) is 4.20. The molecule has 1 aliphatic heterocycles. The van der Waals surface area contributed by atoms with Gasteiger partial charge < -0.3 is 5.32 Å². The van der Waals surface area contributed by atoms with E-state index in [4.69, 9.17) is 11.6 Å². The normalized spacial score (nSPS) is 23.5. The highest BCUT2D eigenvalue weighted by atomic mass is 35.5. The van der Waals surface area contributed by atoms with E-state index in [1.165, 1.54) is 29.1 Å². The molecule has 0 spiro atoms. The molecule has 1 fully saturated rings. The second-order valence-corrected chi connectivity index (χ2v) is 6.64. The van der Waals surface area contributed by atoms with Gasteiger partial charge in [-0.1, -0.05) is 30.7 Å². The number of aryl methyl sites for hydroxylation is 1. The van der Waals surface area contributed by atoms with E-state index in [1.807, 2.05) is 0 Å². The molecule has 0 aliphatic carbocycles. The highest BCUT2D eigenvalue weighted by molar-refractivity contribution is 7.99. The smallest absolute Gasteiger partial charge is 0.0440 e. The number of rotatable bonds is 5. The Balaban J connectivity index is 1.99. The molecule has 2 rings (SSSR count). The quantitative estimate of drug-likeness (QED) is 0.879. The maximum absolute atomic E-state index is 6.33. The van der Waals surface area contributed by atoms with E-state index in [2.05, 4.69) is 49.1 Å². The highest BCUT2D eigenvalue weighted by Gasteiger charge is 2.27. The van der Waals surface area contributed by atoms with Gasteiger partial charge in [0.25, 0.3) is 0 Å². The fraction of sp³-hybridized carbons (Fsp3) is 0.600. The molecule has 1 nitrogen and oxygen atoms in total. The summed E-state index contributed by atoms with van der Waals surface area (Å²) in [7, 11) is 0. The van der Waals surface area contributed by atoms with Crippen molar-refractivity contribution >= 4 is 23.4 Å². The van der Waals surface area contributed by atoms with Gasteiger partial charge in [0.1, 0.15) is 0 Å². The number of thioether (sulfide) groups is 1. The molecule has 2 atom stereocenters. The Morgan fingerprint density at radius 1 is 1.39 bits per heavy atom. The van der Waals surface area contributed by atoms with Crippen LogP contribution in [0, 0.1) is 12.8 Å². The third kappa shape index (κ3) is 3.66. The zero-order chi connectivity index (χ0) is 13.0. The molecule has 1 saturated heterocycles. The summed E-state index contributed by atoms with van der Waals surface area (Å²) in [4.78, 5) is 0. The molecule has 0 amide bonds. The number of halogens is 1. The summed E-state index contributed by atoms with van der Waals surface area (Å²) in [5.41, 5.74) is 2.54. The van der Waals surface area contributed by atoms with Gasteiger partial charge in [0.15, 0.2) is 0 Å². The van der Waals surface area contributed by atoms with Crippen LogP contribution in [-0.4, -0.2) is 24.1 Å². The van der Waals surface area contributed by atoms with Crippen LogP contribution in [-0.2, 0) is 6.42 Å². The van der Waals surface area contributed by atoms with Crippen molar-refractivity contribution in [3.8, 4) is 0 Å². The molecule has 1 aromatic rings.